The van der Waals surface area contributed by atoms with E-state index in [9.17, 15) is 0 Å². The van der Waals surface area contributed by atoms with E-state index in [1.807, 2.05) is 38.1 Å². The van der Waals surface area contributed by atoms with Gasteiger partial charge in [-0.1, -0.05) is 36.2 Å². The highest BCUT2D eigenvalue weighted by Gasteiger charge is 2.09. The van der Waals surface area contributed by atoms with Crippen molar-refractivity contribution in [2.75, 3.05) is 6.61 Å². The van der Waals surface area contributed by atoms with Gasteiger partial charge in [-0.3, -0.25) is 5.10 Å². The van der Waals surface area contributed by atoms with Crippen LogP contribution in [-0.2, 0) is 13.0 Å². The van der Waals surface area contributed by atoms with Crippen molar-refractivity contribution in [3.63, 3.8) is 0 Å². The lowest BCUT2D eigenvalue weighted by Gasteiger charge is -2.13. The van der Waals surface area contributed by atoms with Crippen molar-refractivity contribution in [3.8, 4) is 11.5 Å². The van der Waals surface area contributed by atoms with E-state index in [1.54, 1.807) is 23.0 Å². The van der Waals surface area contributed by atoms with Gasteiger partial charge in [0.15, 0.2) is 17.3 Å². The lowest BCUT2D eigenvalue weighted by molar-refractivity contribution is 0.269. The summed E-state index contributed by atoms with van der Waals surface area (Å²) in [5, 5.41) is 12.4. The molecule has 0 aliphatic rings. The van der Waals surface area contributed by atoms with E-state index in [1.165, 1.54) is 0 Å². The van der Waals surface area contributed by atoms with Crippen molar-refractivity contribution in [2.24, 2.45) is 5.10 Å². The average Bonchev–Trinajstić information content (AvgIpc) is 3.06. The maximum absolute atomic E-state index is 6.22. The smallest absolute Gasteiger partial charge is 0.216 e. The molecule has 3 aromatic rings. The molecule has 1 heterocycles. The third kappa shape index (κ3) is 5.38. The maximum atomic E-state index is 6.22. The summed E-state index contributed by atoms with van der Waals surface area (Å²) in [6.07, 6.45) is 2.42. The predicted molar refractivity (Wildman–Crippen MR) is 118 cm³/mol. The summed E-state index contributed by atoms with van der Waals surface area (Å²) < 4.78 is 13.7. The van der Waals surface area contributed by atoms with Gasteiger partial charge in [0.1, 0.15) is 6.61 Å². The van der Waals surface area contributed by atoms with Crippen LogP contribution in [0, 0.1) is 4.77 Å². The van der Waals surface area contributed by atoms with Crippen LogP contribution in [0.4, 0.5) is 0 Å². The van der Waals surface area contributed by atoms with E-state index in [4.69, 9.17) is 44.9 Å². The van der Waals surface area contributed by atoms with Crippen molar-refractivity contribution in [1.82, 2.24) is 14.9 Å². The Balaban J connectivity index is 1.80. The van der Waals surface area contributed by atoms with E-state index < -0.39 is 0 Å². The summed E-state index contributed by atoms with van der Waals surface area (Å²) in [7, 11) is 0. The maximum Gasteiger partial charge on any atom is 0.216 e. The van der Waals surface area contributed by atoms with Gasteiger partial charge in [0.05, 0.1) is 12.8 Å². The molecule has 0 fully saturated rings. The molecule has 152 valence electrons. The van der Waals surface area contributed by atoms with E-state index >= 15 is 0 Å². The fourth-order valence-corrected chi connectivity index (χ4v) is 3.24. The highest BCUT2D eigenvalue weighted by molar-refractivity contribution is 7.71. The van der Waals surface area contributed by atoms with Crippen molar-refractivity contribution >= 4 is 41.6 Å². The van der Waals surface area contributed by atoms with Gasteiger partial charge in [-0.25, -0.2) is 0 Å². The number of nitrogens with one attached hydrogen (secondary N) is 1. The lowest BCUT2D eigenvalue weighted by Crippen LogP contribution is -2.01. The molecule has 0 aliphatic carbocycles. The second-order valence-corrected chi connectivity index (χ2v) is 7.25. The molecule has 1 aromatic heterocycles. The second-order valence-electron chi connectivity index (χ2n) is 6.02. The van der Waals surface area contributed by atoms with Crippen molar-refractivity contribution < 1.29 is 9.47 Å². The minimum Gasteiger partial charge on any atom is -0.490 e. The molecule has 0 radical (unpaired) electrons. The first-order chi connectivity index (χ1) is 14.0. The van der Waals surface area contributed by atoms with Crippen molar-refractivity contribution in [3.05, 3.63) is 68.2 Å². The topological polar surface area (TPSA) is 64.4 Å². The van der Waals surface area contributed by atoms with Crippen LogP contribution in [0.15, 0.2) is 41.5 Å². The summed E-state index contributed by atoms with van der Waals surface area (Å²) in [5.41, 5.74) is 1.68. The van der Waals surface area contributed by atoms with Crippen LogP contribution in [0.2, 0.25) is 10.0 Å². The molecule has 0 saturated carbocycles. The quantitative estimate of drug-likeness (QED) is 0.354. The standard InChI is InChI=1S/C20H20Cl2N4O2S/c1-3-19-24-25-20(29)26(19)23-11-13-5-8-17(18(9-13)27-4-2)28-12-14-6-7-15(21)10-16(14)22/h5-11H,3-4,12H2,1-2H3,(H,25,29)/b23-11-. The van der Waals surface area contributed by atoms with Gasteiger partial charge >= 0.3 is 0 Å². The van der Waals surface area contributed by atoms with Gasteiger partial charge in [-0.2, -0.15) is 14.9 Å². The number of halogens is 2. The molecule has 0 saturated heterocycles. The Morgan fingerprint density at radius 2 is 1.97 bits per heavy atom. The van der Waals surface area contributed by atoms with E-state index in [0.717, 1.165) is 17.0 Å². The number of hydrogen-bond acceptors (Lipinski definition) is 5. The van der Waals surface area contributed by atoms with Crippen LogP contribution in [0.3, 0.4) is 0 Å². The zero-order valence-electron chi connectivity index (χ0n) is 16.0. The van der Waals surface area contributed by atoms with E-state index in [-0.39, 0.29) is 0 Å². The third-order valence-corrected chi connectivity index (χ3v) is 4.87. The zero-order chi connectivity index (χ0) is 20.8. The van der Waals surface area contributed by atoms with Crippen LogP contribution in [0.5, 0.6) is 11.5 Å². The highest BCUT2D eigenvalue weighted by Crippen LogP contribution is 2.30. The summed E-state index contributed by atoms with van der Waals surface area (Å²) >= 11 is 17.4. The number of aryl methyl sites for hydroxylation is 1. The molecule has 0 spiro atoms. The molecule has 1 N–H and O–H groups in total. The minimum absolute atomic E-state index is 0.299. The predicted octanol–water partition coefficient (Wildman–Crippen LogP) is 5.67. The number of aromatic amines is 1. The van der Waals surface area contributed by atoms with Gasteiger partial charge in [0.25, 0.3) is 0 Å². The number of hydrogen-bond donors (Lipinski definition) is 1. The minimum atomic E-state index is 0.299. The Kier molecular flexibility index (Phi) is 7.30. The van der Waals surface area contributed by atoms with Gasteiger partial charge < -0.3 is 9.47 Å². The number of ether oxygens (including phenoxy) is 2. The second kappa shape index (κ2) is 9.91. The molecule has 29 heavy (non-hydrogen) atoms. The molecular weight excluding hydrogens is 431 g/mol. The fraction of sp³-hybridized carbons (Fsp3) is 0.250. The number of H-pyrrole nitrogens is 1. The highest BCUT2D eigenvalue weighted by atomic mass is 35.5. The first-order valence-corrected chi connectivity index (χ1v) is 10.2. The summed E-state index contributed by atoms with van der Waals surface area (Å²) in [5.74, 6) is 1.99. The van der Waals surface area contributed by atoms with Crippen molar-refractivity contribution in [2.45, 2.75) is 26.9 Å². The van der Waals surface area contributed by atoms with Crippen LogP contribution in [-0.4, -0.2) is 27.7 Å². The van der Waals surface area contributed by atoms with Gasteiger partial charge in [-0.05, 0) is 55.0 Å². The summed E-state index contributed by atoms with van der Waals surface area (Å²) in [6.45, 7) is 4.71. The Bertz CT molecular complexity index is 1080. The molecule has 6 nitrogen and oxygen atoms in total. The summed E-state index contributed by atoms with van der Waals surface area (Å²) in [4.78, 5) is 0. The Hall–Kier alpha value is -2.35. The Morgan fingerprint density at radius 1 is 1.14 bits per heavy atom. The number of nitrogens with zero attached hydrogens (tertiary/aromatic N) is 3. The molecule has 0 unspecified atom stereocenters. The molecule has 0 amide bonds. The van der Waals surface area contributed by atoms with Gasteiger partial charge in [0, 0.05) is 22.0 Å². The number of benzene rings is 2. The lowest BCUT2D eigenvalue weighted by atomic mass is 10.2. The molecule has 2 aromatic carbocycles. The SMILES string of the molecule is CCOc1cc(/C=N\n2c(CC)n[nH]c2=S)ccc1OCc1ccc(Cl)cc1Cl. The number of rotatable bonds is 8. The van der Waals surface area contributed by atoms with Crippen molar-refractivity contribution in [1.29, 1.82) is 0 Å². The summed E-state index contributed by atoms with van der Waals surface area (Å²) in [6, 6.07) is 10.9. The van der Waals surface area contributed by atoms with E-state index in [0.29, 0.717) is 45.9 Å². The Labute approximate surface area is 184 Å². The van der Waals surface area contributed by atoms with Gasteiger partial charge in [-0.15, -0.1) is 0 Å². The molecule has 3 rings (SSSR count). The Morgan fingerprint density at radius 3 is 2.69 bits per heavy atom. The monoisotopic (exact) mass is 450 g/mol. The van der Waals surface area contributed by atoms with Crippen LogP contribution in [0.25, 0.3) is 0 Å². The molecular formula is C20H20Cl2N4O2S. The first kappa shape index (κ1) is 21.4. The molecule has 0 atom stereocenters. The molecule has 0 aliphatic heterocycles. The largest absolute Gasteiger partial charge is 0.490 e. The van der Waals surface area contributed by atoms with Crippen LogP contribution >= 0.6 is 35.4 Å². The van der Waals surface area contributed by atoms with Gasteiger partial charge in [0.2, 0.25) is 4.77 Å². The first-order valence-electron chi connectivity index (χ1n) is 9.06. The zero-order valence-corrected chi connectivity index (χ0v) is 18.3. The molecule has 9 heteroatoms. The van der Waals surface area contributed by atoms with Crippen LogP contribution in [0.1, 0.15) is 30.8 Å². The molecule has 0 bridgehead atoms. The average molecular weight is 451 g/mol. The fourth-order valence-electron chi connectivity index (χ4n) is 2.58. The normalized spacial score (nSPS) is 11.2. The number of aromatic nitrogens is 3. The van der Waals surface area contributed by atoms with E-state index in [2.05, 4.69) is 15.3 Å². The van der Waals surface area contributed by atoms with Crippen LogP contribution < -0.4 is 9.47 Å². The third-order valence-electron chi connectivity index (χ3n) is 4.02.